The SMILES string of the molecule is CCCCCCCCCCCCC1C2CC(c3ccc(-c4ccc(C)s4)s3)C(=O)C2C(CCCCCCCCCCCC)C2CC(C)C(=O)C21. The van der Waals surface area contributed by atoms with Gasteiger partial charge >= 0.3 is 0 Å². The van der Waals surface area contributed by atoms with Crippen LogP contribution in [0.5, 0.6) is 0 Å². The van der Waals surface area contributed by atoms with Gasteiger partial charge in [-0.2, -0.15) is 0 Å². The molecule has 0 N–H and O–H groups in total. The van der Waals surface area contributed by atoms with Gasteiger partial charge in [0, 0.05) is 37.3 Å². The van der Waals surface area contributed by atoms with Crippen LogP contribution in [0.2, 0.25) is 0 Å². The van der Waals surface area contributed by atoms with E-state index in [0.717, 1.165) is 25.7 Å². The number of fused-ring (bicyclic) bond motifs is 2. The standard InChI is InChI=1S/C46H72O2S2/c1-5-7-9-11-13-15-17-19-21-23-25-35-37-31-33(3)45(47)43(37)36(26-24-22-20-18-16-14-12-10-8-6-2)38-32-39(46(48)44(35)38)40-29-30-42(50-40)41-28-27-34(4)49-41/h27-30,33,35-39,43-44H,5-26,31-32H2,1-4H3. The highest BCUT2D eigenvalue weighted by atomic mass is 32.1. The normalized spacial score (nSPS) is 27.7. The number of thiophene rings is 2. The van der Waals surface area contributed by atoms with E-state index in [9.17, 15) is 9.59 Å². The summed E-state index contributed by atoms with van der Waals surface area (Å²) in [7, 11) is 0. The Morgan fingerprint density at radius 2 is 0.980 bits per heavy atom. The molecule has 0 aliphatic heterocycles. The van der Waals surface area contributed by atoms with Crippen molar-refractivity contribution in [1.29, 1.82) is 0 Å². The molecule has 0 aromatic carbocycles. The summed E-state index contributed by atoms with van der Waals surface area (Å²) in [4.78, 5) is 34.0. The number of aryl methyl sites for hydroxylation is 1. The van der Waals surface area contributed by atoms with Gasteiger partial charge in [-0.05, 0) is 80.5 Å². The van der Waals surface area contributed by atoms with Crippen LogP contribution >= 0.6 is 22.7 Å². The Morgan fingerprint density at radius 1 is 0.540 bits per heavy atom. The molecule has 0 saturated heterocycles. The third kappa shape index (κ3) is 10.4. The van der Waals surface area contributed by atoms with Crippen molar-refractivity contribution in [3.63, 3.8) is 0 Å². The van der Waals surface area contributed by atoms with Crippen LogP contribution in [-0.4, -0.2) is 11.6 Å². The van der Waals surface area contributed by atoms with Gasteiger partial charge in [-0.15, -0.1) is 22.7 Å². The molecule has 3 aliphatic carbocycles. The van der Waals surface area contributed by atoms with Crippen LogP contribution in [0.4, 0.5) is 0 Å². The van der Waals surface area contributed by atoms with Crippen LogP contribution in [-0.2, 0) is 9.59 Å². The van der Waals surface area contributed by atoms with Crippen LogP contribution < -0.4 is 0 Å². The highest BCUT2D eigenvalue weighted by Gasteiger charge is 2.61. The second-order valence-electron chi connectivity index (χ2n) is 17.0. The van der Waals surface area contributed by atoms with Gasteiger partial charge in [-0.1, -0.05) is 149 Å². The first kappa shape index (κ1) is 39.9. The van der Waals surface area contributed by atoms with E-state index in [1.165, 1.54) is 148 Å². The monoisotopic (exact) mass is 720 g/mol. The van der Waals surface area contributed by atoms with Gasteiger partial charge in [0.15, 0.2) is 0 Å². The van der Waals surface area contributed by atoms with E-state index in [4.69, 9.17) is 0 Å². The first-order valence-corrected chi connectivity index (χ1v) is 23.3. The molecule has 8 unspecified atom stereocenters. The Bertz CT molecular complexity index is 1270. The van der Waals surface area contributed by atoms with Crippen molar-refractivity contribution < 1.29 is 9.59 Å². The van der Waals surface area contributed by atoms with Crippen molar-refractivity contribution in [2.24, 2.45) is 41.4 Å². The van der Waals surface area contributed by atoms with Gasteiger partial charge in [-0.3, -0.25) is 9.59 Å². The molecule has 2 heterocycles. The molecule has 2 aromatic rings. The number of carbonyl (C=O) groups is 2. The summed E-state index contributed by atoms with van der Waals surface area (Å²) in [6.07, 6.45) is 31.3. The zero-order valence-corrected chi connectivity index (χ0v) is 34.2. The van der Waals surface area contributed by atoms with E-state index in [0.29, 0.717) is 35.2 Å². The molecule has 3 aliphatic rings. The van der Waals surface area contributed by atoms with E-state index >= 15 is 0 Å². The van der Waals surface area contributed by atoms with Crippen LogP contribution in [0.1, 0.15) is 191 Å². The molecule has 280 valence electrons. The average Bonchev–Trinajstić information content (AvgIpc) is 3.90. The first-order valence-electron chi connectivity index (χ1n) is 21.7. The van der Waals surface area contributed by atoms with E-state index in [1.807, 2.05) is 22.7 Å². The van der Waals surface area contributed by atoms with E-state index in [-0.39, 0.29) is 23.7 Å². The predicted octanol–water partition coefficient (Wildman–Crippen LogP) is 14.8. The smallest absolute Gasteiger partial charge is 0.144 e. The molecule has 2 aromatic heterocycles. The lowest BCUT2D eigenvalue weighted by molar-refractivity contribution is -0.135. The number of ketones is 2. The summed E-state index contributed by atoms with van der Waals surface area (Å²) in [5, 5.41) is 0. The average molecular weight is 721 g/mol. The lowest BCUT2D eigenvalue weighted by Crippen LogP contribution is -2.46. The number of Topliss-reactive ketones (excluding diaryl/α,β-unsaturated/α-hetero) is 2. The van der Waals surface area contributed by atoms with Gasteiger partial charge < -0.3 is 0 Å². The van der Waals surface area contributed by atoms with Crippen LogP contribution in [0.3, 0.4) is 0 Å². The molecule has 5 rings (SSSR count). The summed E-state index contributed by atoms with van der Waals surface area (Å²) >= 11 is 3.72. The summed E-state index contributed by atoms with van der Waals surface area (Å²) in [5.74, 6) is 3.32. The fraction of sp³-hybridized carbons (Fsp3) is 0.783. The maximum atomic E-state index is 14.7. The topological polar surface area (TPSA) is 34.1 Å². The minimum absolute atomic E-state index is 0.0292. The van der Waals surface area contributed by atoms with E-state index in [2.05, 4.69) is 52.0 Å². The molecule has 0 spiro atoms. The van der Waals surface area contributed by atoms with Crippen molar-refractivity contribution >= 4 is 34.2 Å². The minimum Gasteiger partial charge on any atom is -0.299 e. The molecule has 3 fully saturated rings. The van der Waals surface area contributed by atoms with Gasteiger partial charge in [-0.25, -0.2) is 0 Å². The van der Waals surface area contributed by atoms with Crippen molar-refractivity contribution in [2.75, 3.05) is 0 Å². The van der Waals surface area contributed by atoms with Crippen molar-refractivity contribution in [3.8, 4) is 9.75 Å². The third-order valence-electron chi connectivity index (χ3n) is 13.3. The zero-order chi connectivity index (χ0) is 35.3. The van der Waals surface area contributed by atoms with Crippen molar-refractivity contribution in [1.82, 2.24) is 0 Å². The first-order chi connectivity index (χ1) is 24.4. The fourth-order valence-electron chi connectivity index (χ4n) is 10.7. The van der Waals surface area contributed by atoms with Crippen molar-refractivity contribution in [2.45, 2.75) is 188 Å². The number of hydrogen-bond donors (Lipinski definition) is 0. The molecule has 3 saturated carbocycles. The van der Waals surface area contributed by atoms with Crippen molar-refractivity contribution in [3.05, 3.63) is 34.0 Å². The number of unbranched alkanes of at least 4 members (excludes halogenated alkanes) is 18. The zero-order valence-electron chi connectivity index (χ0n) is 32.5. The largest absolute Gasteiger partial charge is 0.299 e. The summed E-state index contributed by atoms with van der Waals surface area (Å²) < 4.78 is 0. The molecule has 8 atom stereocenters. The molecule has 50 heavy (non-hydrogen) atoms. The van der Waals surface area contributed by atoms with Gasteiger partial charge in [0.05, 0.1) is 5.92 Å². The second-order valence-corrected chi connectivity index (χ2v) is 19.4. The highest BCUT2D eigenvalue weighted by Crippen LogP contribution is 2.62. The number of hydrogen-bond acceptors (Lipinski definition) is 4. The Kier molecular flexibility index (Phi) is 16.6. The lowest BCUT2D eigenvalue weighted by Gasteiger charge is -2.46. The lowest BCUT2D eigenvalue weighted by atomic mass is 9.56. The summed E-state index contributed by atoms with van der Waals surface area (Å²) in [6, 6.07) is 8.99. The predicted molar refractivity (Wildman–Crippen MR) is 217 cm³/mol. The molecule has 0 amide bonds. The molecule has 0 radical (unpaired) electrons. The fourth-order valence-corrected chi connectivity index (χ4v) is 12.8. The van der Waals surface area contributed by atoms with Gasteiger partial charge in [0.2, 0.25) is 0 Å². The second kappa shape index (κ2) is 20.8. The highest BCUT2D eigenvalue weighted by molar-refractivity contribution is 7.22. The number of rotatable bonds is 24. The van der Waals surface area contributed by atoms with Gasteiger partial charge in [0.1, 0.15) is 11.6 Å². The Balaban J connectivity index is 1.24. The summed E-state index contributed by atoms with van der Waals surface area (Å²) in [6.45, 7) is 8.97. The number of carbonyl (C=O) groups excluding carboxylic acids is 2. The van der Waals surface area contributed by atoms with Crippen LogP contribution in [0.15, 0.2) is 24.3 Å². The maximum absolute atomic E-state index is 14.7. The summed E-state index contributed by atoms with van der Waals surface area (Å²) in [5.41, 5.74) is 0. The molecular formula is C46H72O2S2. The quantitative estimate of drug-likeness (QED) is 0.101. The maximum Gasteiger partial charge on any atom is 0.144 e. The Morgan fingerprint density at radius 3 is 1.48 bits per heavy atom. The molecule has 0 bridgehead atoms. The Labute approximate surface area is 315 Å². The third-order valence-corrected chi connectivity index (χ3v) is 15.7. The van der Waals surface area contributed by atoms with Crippen LogP contribution in [0.25, 0.3) is 9.75 Å². The molecule has 2 nitrogen and oxygen atoms in total. The Hall–Kier alpha value is -1.26. The van der Waals surface area contributed by atoms with Crippen LogP contribution in [0, 0.1) is 48.3 Å². The van der Waals surface area contributed by atoms with E-state index < -0.39 is 0 Å². The minimum atomic E-state index is 0.0292. The molecule has 4 heteroatoms. The van der Waals surface area contributed by atoms with Gasteiger partial charge in [0.25, 0.3) is 0 Å². The van der Waals surface area contributed by atoms with E-state index in [1.54, 1.807) is 0 Å². The molecular weight excluding hydrogens is 649 g/mol.